The molecule has 0 bridgehead atoms. The van der Waals surface area contributed by atoms with Gasteiger partial charge in [0, 0.05) is 6.61 Å². The Morgan fingerprint density at radius 2 is 2.09 bits per heavy atom. The van der Waals surface area contributed by atoms with E-state index >= 15 is 0 Å². The van der Waals surface area contributed by atoms with E-state index in [0.717, 1.165) is 31.4 Å². The second-order valence-electron chi connectivity index (χ2n) is 5.76. The third-order valence-electron chi connectivity index (χ3n) is 3.82. The summed E-state index contributed by atoms with van der Waals surface area (Å²) in [5, 5.41) is 9.38. The van der Waals surface area contributed by atoms with Crippen LogP contribution in [-0.4, -0.2) is 37.3 Å². The zero-order valence-electron chi connectivity index (χ0n) is 13.7. The summed E-state index contributed by atoms with van der Waals surface area (Å²) in [6, 6.07) is 10.0. The van der Waals surface area contributed by atoms with E-state index in [1.165, 1.54) is 6.42 Å². The third kappa shape index (κ3) is 7.75. The first-order chi connectivity index (χ1) is 11.4. The molecule has 0 radical (unpaired) electrons. The number of hydrogen-bond acceptors (Lipinski definition) is 4. The number of hydrogen-bond donors (Lipinski definition) is 1. The van der Waals surface area contributed by atoms with Crippen LogP contribution in [0.5, 0.6) is 0 Å². The molecular weight excluding hydrogens is 292 g/mol. The third-order valence-corrected chi connectivity index (χ3v) is 3.82. The second kappa shape index (κ2) is 11.4. The minimum Gasteiger partial charge on any atom is -0.394 e. The fraction of sp³-hybridized carbons (Fsp3) is 0.579. The summed E-state index contributed by atoms with van der Waals surface area (Å²) in [6.45, 7) is 2.05. The van der Waals surface area contributed by atoms with Crippen LogP contribution < -0.4 is 0 Å². The molecule has 2 atom stereocenters. The van der Waals surface area contributed by atoms with Crippen LogP contribution >= 0.6 is 0 Å². The molecule has 0 spiro atoms. The van der Waals surface area contributed by atoms with E-state index < -0.39 is 0 Å². The lowest BCUT2D eigenvalue weighted by molar-refractivity contribution is -0.161. The summed E-state index contributed by atoms with van der Waals surface area (Å²) in [4.78, 5) is 0. The number of aliphatic hydroxyl groups is 1. The number of ether oxygens (including phenoxy) is 3. The van der Waals surface area contributed by atoms with Gasteiger partial charge in [0.25, 0.3) is 0 Å². The maximum Gasteiger partial charge on any atom is 0.157 e. The molecule has 1 saturated heterocycles. The van der Waals surface area contributed by atoms with Crippen molar-refractivity contribution in [3.8, 4) is 0 Å². The fourth-order valence-electron chi connectivity index (χ4n) is 2.46. The van der Waals surface area contributed by atoms with E-state index in [4.69, 9.17) is 14.2 Å². The molecule has 4 nitrogen and oxygen atoms in total. The molecule has 0 amide bonds. The van der Waals surface area contributed by atoms with Gasteiger partial charge in [0.05, 0.1) is 25.9 Å². The first kappa shape index (κ1) is 18.1. The van der Waals surface area contributed by atoms with Gasteiger partial charge in [-0.25, -0.2) is 0 Å². The monoisotopic (exact) mass is 320 g/mol. The van der Waals surface area contributed by atoms with Gasteiger partial charge >= 0.3 is 0 Å². The Hall–Kier alpha value is -1.20. The normalized spacial score (nSPS) is 20.0. The van der Waals surface area contributed by atoms with Gasteiger partial charge in [-0.2, -0.15) is 0 Å². The lowest BCUT2D eigenvalue weighted by Gasteiger charge is -2.22. The minimum atomic E-state index is -0.158. The zero-order chi connectivity index (χ0) is 16.2. The van der Waals surface area contributed by atoms with Crippen LogP contribution in [0.15, 0.2) is 42.5 Å². The van der Waals surface area contributed by atoms with Crippen molar-refractivity contribution in [2.75, 3.05) is 19.8 Å². The molecule has 128 valence electrons. The summed E-state index contributed by atoms with van der Waals surface area (Å²) >= 11 is 0. The SMILES string of the molecule is OCC(C/C=C\CCOC1CCCCO1)OCc1ccccc1. The Labute approximate surface area is 139 Å². The van der Waals surface area contributed by atoms with Crippen molar-refractivity contribution in [3.63, 3.8) is 0 Å². The lowest BCUT2D eigenvalue weighted by Crippen LogP contribution is -2.22. The smallest absolute Gasteiger partial charge is 0.157 e. The lowest BCUT2D eigenvalue weighted by atomic mass is 10.2. The molecule has 4 heteroatoms. The van der Waals surface area contributed by atoms with Gasteiger partial charge in [0.1, 0.15) is 0 Å². The first-order valence-corrected chi connectivity index (χ1v) is 8.53. The quantitative estimate of drug-likeness (QED) is 0.530. The fourth-order valence-corrected chi connectivity index (χ4v) is 2.46. The Kier molecular flexibility index (Phi) is 8.96. The van der Waals surface area contributed by atoms with Crippen LogP contribution in [0, 0.1) is 0 Å². The van der Waals surface area contributed by atoms with Crippen molar-refractivity contribution in [1.82, 2.24) is 0 Å². The van der Waals surface area contributed by atoms with Crippen LogP contribution in [-0.2, 0) is 20.8 Å². The van der Waals surface area contributed by atoms with Crippen LogP contribution in [0.2, 0.25) is 0 Å². The Morgan fingerprint density at radius 1 is 1.22 bits per heavy atom. The molecule has 0 aromatic heterocycles. The van der Waals surface area contributed by atoms with Crippen LogP contribution in [0.1, 0.15) is 37.7 Å². The highest BCUT2D eigenvalue weighted by Crippen LogP contribution is 2.13. The molecule has 2 unspecified atom stereocenters. The summed E-state index contributed by atoms with van der Waals surface area (Å²) in [5.41, 5.74) is 1.12. The number of aliphatic hydroxyl groups excluding tert-OH is 1. The highest BCUT2D eigenvalue weighted by molar-refractivity contribution is 5.13. The van der Waals surface area contributed by atoms with E-state index in [9.17, 15) is 5.11 Å². The van der Waals surface area contributed by atoms with E-state index in [-0.39, 0.29) is 19.0 Å². The second-order valence-corrected chi connectivity index (χ2v) is 5.76. The highest BCUT2D eigenvalue weighted by Gasteiger charge is 2.13. The van der Waals surface area contributed by atoms with E-state index in [1.54, 1.807) is 0 Å². The average Bonchev–Trinajstić information content (AvgIpc) is 2.62. The molecule has 2 rings (SSSR count). The summed E-state index contributed by atoms with van der Waals surface area (Å²) in [5.74, 6) is 0. The molecule has 1 aliphatic rings. The summed E-state index contributed by atoms with van der Waals surface area (Å²) in [7, 11) is 0. The van der Waals surface area contributed by atoms with Crippen LogP contribution in [0.4, 0.5) is 0 Å². The van der Waals surface area contributed by atoms with Crippen molar-refractivity contribution < 1.29 is 19.3 Å². The van der Waals surface area contributed by atoms with E-state index in [0.29, 0.717) is 19.6 Å². The summed E-state index contributed by atoms with van der Waals surface area (Å²) in [6.07, 6.45) is 8.87. The van der Waals surface area contributed by atoms with Crippen molar-refractivity contribution in [3.05, 3.63) is 48.0 Å². The predicted octanol–water partition coefficient (Wildman–Crippen LogP) is 3.44. The van der Waals surface area contributed by atoms with Crippen LogP contribution in [0.3, 0.4) is 0 Å². The number of benzene rings is 1. The maximum atomic E-state index is 9.38. The van der Waals surface area contributed by atoms with Crippen molar-refractivity contribution in [2.45, 2.75) is 51.1 Å². The van der Waals surface area contributed by atoms with E-state index in [2.05, 4.69) is 12.2 Å². The van der Waals surface area contributed by atoms with E-state index in [1.807, 2.05) is 30.3 Å². The topological polar surface area (TPSA) is 47.9 Å². The molecule has 1 fully saturated rings. The first-order valence-electron chi connectivity index (χ1n) is 8.53. The van der Waals surface area contributed by atoms with Gasteiger partial charge in [-0.05, 0) is 37.7 Å². The standard InChI is InChI=1S/C19H28O4/c20-15-18(23-16-17-9-3-1-4-10-17)11-5-2-7-13-21-19-12-6-8-14-22-19/h1-5,9-10,18-20H,6-8,11-16H2/b5-2-. The number of rotatable bonds is 10. The molecule has 1 aliphatic heterocycles. The van der Waals surface area contributed by atoms with Gasteiger partial charge in [-0.3, -0.25) is 0 Å². The molecule has 0 saturated carbocycles. The Morgan fingerprint density at radius 3 is 2.83 bits per heavy atom. The minimum absolute atomic E-state index is 0.0171. The van der Waals surface area contributed by atoms with Gasteiger partial charge in [0.2, 0.25) is 0 Å². The van der Waals surface area contributed by atoms with Crippen molar-refractivity contribution in [1.29, 1.82) is 0 Å². The predicted molar refractivity (Wildman–Crippen MR) is 90.0 cm³/mol. The Bertz CT molecular complexity index is 426. The molecule has 1 aromatic carbocycles. The molecule has 1 aromatic rings. The average molecular weight is 320 g/mol. The molecule has 1 heterocycles. The molecule has 23 heavy (non-hydrogen) atoms. The Balaban J connectivity index is 1.55. The molecule has 0 aliphatic carbocycles. The summed E-state index contributed by atoms with van der Waals surface area (Å²) < 4.78 is 16.9. The molecular formula is C19H28O4. The van der Waals surface area contributed by atoms with Crippen molar-refractivity contribution >= 4 is 0 Å². The van der Waals surface area contributed by atoms with Gasteiger partial charge in [-0.1, -0.05) is 42.5 Å². The molecule has 1 N–H and O–H groups in total. The maximum absolute atomic E-state index is 9.38. The van der Waals surface area contributed by atoms with Gasteiger partial charge < -0.3 is 19.3 Å². The largest absolute Gasteiger partial charge is 0.394 e. The van der Waals surface area contributed by atoms with Gasteiger partial charge in [-0.15, -0.1) is 0 Å². The zero-order valence-corrected chi connectivity index (χ0v) is 13.7. The van der Waals surface area contributed by atoms with Gasteiger partial charge in [0.15, 0.2) is 6.29 Å². The van der Waals surface area contributed by atoms with Crippen molar-refractivity contribution in [2.24, 2.45) is 0 Å². The van der Waals surface area contributed by atoms with Crippen LogP contribution in [0.25, 0.3) is 0 Å². The highest BCUT2D eigenvalue weighted by atomic mass is 16.7.